The van der Waals surface area contributed by atoms with Crippen LogP contribution in [0.15, 0.2) is 22.8 Å². The Kier molecular flexibility index (Phi) is 3.12. The molecule has 1 aliphatic heterocycles. The molecule has 1 fully saturated rings. The van der Waals surface area contributed by atoms with Crippen LogP contribution in [0.3, 0.4) is 0 Å². The minimum Gasteiger partial charge on any atom is -0.469 e. The predicted molar refractivity (Wildman–Crippen MR) is 69.1 cm³/mol. The van der Waals surface area contributed by atoms with Gasteiger partial charge in [0.15, 0.2) is 0 Å². The molecule has 2 heterocycles. The molecule has 1 N–H and O–H groups in total. The van der Waals surface area contributed by atoms with E-state index in [1.165, 1.54) is 0 Å². The Morgan fingerprint density at radius 3 is 2.22 bits per heavy atom. The van der Waals surface area contributed by atoms with E-state index in [2.05, 4.69) is 0 Å². The molecule has 0 aliphatic carbocycles. The van der Waals surface area contributed by atoms with Crippen LogP contribution in [0, 0.1) is 0 Å². The van der Waals surface area contributed by atoms with Gasteiger partial charge in [0.2, 0.25) is 0 Å². The van der Waals surface area contributed by atoms with E-state index in [0.717, 1.165) is 5.76 Å². The Morgan fingerprint density at radius 2 is 1.78 bits per heavy atom. The molecular weight excluding hydrogens is 231 g/mol. The molecule has 4 nitrogen and oxygen atoms in total. The third kappa shape index (κ3) is 2.35. The standard InChI is InChI=1S/C13H21BO4/c1-11(2)12(3,4)18-14(17-11)13(5,15)9-10-7-6-8-16-10/h6-8,15H,9H2,1-5H3. The maximum Gasteiger partial charge on any atom is 0.492 e. The van der Waals surface area contributed by atoms with E-state index in [0.29, 0.717) is 6.42 Å². The van der Waals surface area contributed by atoms with Crippen LogP contribution in [0.25, 0.3) is 0 Å². The highest BCUT2D eigenvalue weighted by atomic mass is 16.7. The second-order valence-corrected chi connectivity index (χ2v) is 6.20. The van der Waals surface area contributed by atoms with Gasteiger partial charge in [0.25, 0.3) is 0 Å². The highest BCUT2D eigenvalue weighted by Gasteiger charge is 2.57. The first kappa shape index (κ1) is 13.7. The van der Waals surface area contributed by atoms with Gasteiger partial charge < -0.3 is 18.8 Å². The Bertz CT molecular complexity index is 393. The minimum atomic E-state index is -1.12. The summed E-state index contributed by atoms with van der Waals surface area (Å²) in [7, 11) is -0.660. The molecule has 0 saturated carbocycles. The van der Waals surface area contributed by atoms with Crippen LogP contribution in [-0.2, 0) is 15.7 Å². The summed E-state index contributed by atoms with van der Waals surface area (Å²) in [6, 6.07) is 3.63. The van der Waals surface area contributed by atoms with E-state index in [1.807, 2.05) is 33.8 Å². The van der Waals surface area contributed by atoms with E-state index in [-0.39, 0.29) is 0 Å². The summed E-state index contributed by atoms with van der Waals surface area (Å²) < 4.78 is 17.0. The van der Waals surface area contributed by atoms with E-state index < -0.39 is 23.8 Å². The summed E-state index contributed by atoms with van der Waals surface area (Å²) in [6.45, 7) is 9.58. The van der Waals surface area contributed by atoms with Gasteiger partial charge in [0.05, 0.1) is 17.5 Å². The molecule has 100 valence electrons. The fourth-order valence-electron chi connectivity index (χ4n) is 1.95. The number of rotatable bonds is 3. The molecule has 1 aromatic rings. The lowest BCUT2D eigenvalue weighted by molar-refractivity contribution is 0.00578. The van der Waals surface area contributed by atoms with Crippen molar-refractivity contribution in [1.29, 1.82) is 0 Å². The lowest BCUT2D eigenvalue weighted by atomic mass is 9.66. The quantitative estimate of drug-likeness (QED) is 0.838. The molecule has 1 saturated heterocycles. The van der Waals surface area contributed by atoms with E-state index in [4.69, 9.17) is 13.7 Å². The lowest BCUT2D eigenvalue weighted by Crippen LogP contribution is -2.47. The second-order valence-electron chi connectivity index (χ2n) is 6.20. The van der Waals surface area contributed by atoms with Crippen LogP contribution in [-0.4, -0.2) is 28.9 Å². The fraction of sp³-hybridized carbons (Fsp3) is 0.692. The topological polar surface area (TPSA) is 51.8 Å². The fourth-order valence-corrected chi connectivity index (χ4v) is 1.95. The van der Waals surface area contributed by atoms with Crippen molar-refractivity contribution in [1.82, 2.24) is 0 Å². The molecular formula is C13H21BO4. The smallest absolute Gasteiger partial charge is 0.469 e. The molecule has 0 aromatic carbocycles. The summed E-state index contributed by atoms with van der Waals surface area (Å²) in [5.74, 6) is 0.717. The van der Waals surface area contributed by atoms with Gasteiger partial charge in [0.1, 0.15) is 11.3 Å². The number of hydrogen-bond acceptors (Lipinski definition) is 4. The van der Waals surface area contributed by atoms with Crippen LogP contribution < -0.4 is 0 Å². The van der Waals surface area contributed by atoms with E-state index in [1.54, 1.807) is 19.3 Å². The van der Waals surface area contributed by atoms with Gasteiger partial charge in [-0.05, 0) is 46.8 Å². The average molecular weight is 252 g/mol. The van der Waals surface area contributed by atoms with Gasteiger partial charge in [-0.2, -0.15) is 0 Å². The summed E-state index contributed by atoms with van der Waals surface area (Å²) in [5.41, 5.74) is -2.00. The van der Waals surface area contributed by atoms with Crippen molar-refractivity contribution in [3.05, 3.63) is 24.2 Å². The summed E-state index contributed by atoms with van der Waals surface area (Å²) >= 11 is 0. The third-order valence-electron chi connectivity index (χ3n) is 3.87. The molecule has 0 bridgehead atoms. The minimum absolute atomic E-state index is 0.358. The second kappa shape index (κ2) is 4.12. The number of aliphatic hydroxyl groups is 1. The summed E-state index contributed by atoms with van der Waals surface area (Å²) in [6.07, 6.45) is 1.95. The zero-order chi connectivity index (χ0) is 13.6. The molecule has 0 radical (unpaired) electrons. The van der Waals surface area contributed by atoms with E-state index in [9.17, 15) is 5.11 Å². The number of hydrogen-bond donors (Lipinski definition) is 1. The van der Waals surface area contributed by atoms with Crippen LogP contribution in [0.1, 0.15) is 40.4 Å². The molecule has 0 spiro atoms. The van der Waals surface area contributed by atoms with Crippen molar-refractivity contribution in [2.45, 2.75) is 57.7 Å². The molecule has 2 rings (SSSR count). The van der Waals surface area contributed by atoms with Gasteiger partial charge in [-0.15, -0.1) is 0 Å². The zero-order valence-electron chi connectivity index (χ0n) is 11.7. The first-order valence-electron chi connectivity index (χ1n) is 6.24. The Hall–Kier alpha value is -0.775. The first-order valence-corrected chi connectivity index (χ1v) is 6.24. The van der Waals surface area contributed by atoms with Crippen LogP contribution in [0.5, 0.6) is 0 Å². The molecule has 1 aliphatic rings. The van der Waals surface area contributed by atoms with Crippen molar-refractivity contribution in [3.8, 4) is 0 Å². The Morgan fingerprint density at radius 1 is 1.22 bits per heavy atom. The summed E-state index contributed by atoms with van der Waals surface area (Å²) in [4.78, 5) is 0. The lowest BCUT2D eigenvalue weighted by Gasteiger charge is -2.32. The molecule has 1 unspecified atom stereocenters. The van der Waals surface area contributed by atoms with Gasteiger partial charge in [-0.25, -0.2) is 0 Å². The predicted octanol–water partition coefficient (Wildman–Crippen LogP) is 2.20. The van der Waals surface area contributed by atoms with E-state index >= 15 is 0 Å². The normalized spacial score (nSPS) is 25.1. The highest BCUT2D eigenvalue weighted by Crippen LogP contribution is 2.40. The van der Waals surface area contributed by atoms with Gasteiger partial charge in [-0.1, -0.05) is 0 Å². The number of furan rings is 1. The molecule has 0 amide bonds. The Balaban J connectivity index is 2.13. The van der Waals surface area contributed by atoms with Crippen LogP contribution in [0.2, 0.25) is 0 Å². The SMILES string of the molecule is CC(O)(Cc1ccco1)B1OC(C)(C)C(C)(C)O1. The average Bonchev–Trinajstić information content (AvgIpc) is 2.73. The largest absolute Gasteiger partial charge is 0.492 e. The molecule has 1 aromatic heterocycles. The van der Waals surface area contributed by atoms with Crippen LogP contribution >= 0.6 is 0 Å². The maximum absolute atomic E-state index is 10.5. The van der Waals surface area contributed by atoms with Crippen LogP contribution in [0.4, 0.5) is 0 Å². The monoisotopic (exact) mass is 252 g/mol. The Labute approximate surface area is 108 Å². The van der Waals surface area contributed by atoms with Crippen molar-refractivity contribution in [2.75, 3.05) is 0 Å². The van der Waals surface area contributed by atoms with Crippen molar-refractivity contribution in [2.24, 2.45) is 0 Å². The van der Waals surface area contributed by atoms with Gasteiger partial charge in [-0.3, -0.25) is 0 Å². The third-order valence-corrected chi connectivity index (χ3v) is 3.87. The van der Waals surface area contributed by atoms with Gasteiger partial charge in [0, 0.05) is 6.42 Å². The summed E-state index contributed by atoms with van der Waals surface area (Å²) in [5, 5.41) is 10.5. The van der Waals surface area contributed by atoms with Crippen molar-refractivity contribution < 1.29 is 18.8 Å². The first-order chi connectivity index (χ1) is 8.14. The molecule has 1 atom stereocenters. The van der Waals surface area contributed by atoms with Gasteiger partial charge >= 0.3 is 7.12 Å². The molecule has 5 heteroatoms. The highest BCUT2D eigenvalue weighted by molar-refractivity contribution is 6.49. The molecule has 18 heavy (non-hydrogen) atoms. The zero-order valence-corrected chi connectivity index (χ0v) is 11.7. The van der Waals surface area contributed by atoms with Crippen molar-refractivity contribution >= 4 is 7.12 Å². The van der Waals surface area contributed by atoms with Crippen molar-refractivity contribution in [3.63, 3.8) is 0 Å². The maximum atomic E-state index is 10.5.